The minimum absolute atomic E-state index is 0.0555. The molecule has 0 aromatic heterocycles. The van der Waals surface area contributed by atoms with Gasteiger partial charge in [-0.25, -0.2) is 4.99 Å². The number of nitrogens with zero attached hydrogens (tertiary/aromatic N) is 4. The summed E-state index contributed by atoms with van der Waals surface area (Å²) < 4.78 is 5.77. The lowest BCUT2D eigenvalue weighted by Gasteiger charge is -2.45. The highest BCUT2D eigenvalue weighted by Gasteiger charge is 2.60. The molecule has 218 valence electrons. The molecule has 4 fully saturated rings. The zero-order chi connectivity index (χ0) is 28.1. The summed E-state index contributed by atoms with van der Waals surface area (Å²) in [7, 11) is 5.67. The molecule has 40 heavy (non-hydrogen) atoms. The van der Waals surface area contributed by atoms with E-state index in [1.54, 1.807) is 7.11 Å². The van der Waals surface area contributed by atoms with Crippen LogP contribution in [0.15, 0.2) is 40.5 Å². The summed E-state index contributed by atoms with van der Waals surface area (Å²) in [5.74, 6) is 1.35. The Kier molecular flexibility index (Phi) is 7.19. The van der Waals surface area contributed by atoms with Gasteiger partial charge in [-0.3, -0.25) is 14.5 Å². The Balaban J connectivity index is 1.20. The number of methoxy groups -OCH3 is 1. The van der Waals surface area contributed by atoms with Gasteiger partial charge in [0, 0.05) is 38.3 Å². The van der Waals surface area contributed by atoms with Crippen LogP contribution in [0.25, 0.3) is 0 Å². The standard InChI is InChI=1S/C30H45N7O3/c1-29-25(36(3)27(39)30(13-14-30)19-37(29)22-7-5-6-8-22)18-31-28(34-29)33-23-10-9-20(17-24(23)40-4)26(38)32-21-11-15-35(2)16-12-21/h9-10,18,20-22H,5-8,11-17,19H2,1-4H3,(H,32,38)(H2,31,33,34). The number of allylic oxidation sites excluding steroid dienone is 2. The molecule has 0 bridgehead atoms. The van der Waals surface area contributed by atoms with Crippen LogP contribution < -0.4 is 16.0 Å². The minimum atomic E-state index is -0.665. The normalized spacial score (nSPS) is 31.4. The van der Waals surface area contributed by atoms with Crippen molar-refractivity contribution in [1.29, 1.82) is 0 Å². The second-order valence-corrected chi connectivity index (χ2v) is 12.8. The van der Waals surface area contributed by atoms with E-state index in [4.69, 9.17) is 9.73 Å². The fourth-order valence-corrected chi connectivity index (χ4v) is 7.26. The van der Waals surface area contributed by atoms with E-state index in [1.807, 2.05) is 30.3 Å². The van der Waals surface area contributed by atoms with Crippen LogP contribution in [-0.4, -0.2) is 91.1 Å². The number of rotatable bonds is 5. The van der Waals surface area contributed by atoms with Gasteiger partial charge in [-0.2, -0.15) is 0 Å². The molecule has 3 aliphatic heterocycles. The molecule has 2 unspecified atom stereocenters. The molecular weight excluding hydrogens is 506 g/mol. The van der Waals surface area contributed by atoms with Crippen molar-refractivity contribution in [2.24, 2.45) is 16.3 Å². The molecule has 2 atom stereocenters. The van der Waals surface area contributed by atoms with Gasteiger partial charge < -0.3 is 30.5 Å². The van der Waals surface area contributed by atoms with Gasteiger partial charge >= 0.3 is 0 Å². The van der Waals surface area contributed by atoms with Crippen LogP contribution in [0.3, 0.4) is 0 Å². The maximum Gasteiger partial charge on any atom is 0.234 e. The van der Waals surface area contributed by atoms with Gasteiger partial charge in [0.15, 0.2) is 5.66 Å². The van der Waals surface area contributed by atoms with E-state index >= 15 is 0 Å². The molecule has 2 saturated heterocycles. The van der Waals surface area contributed by atoms with Crippen LogP contribution >= 0.6 is 0 Å². The number of carbonyl (C=O) groups excluding carboxylic acids is 2. The number of aliphatic imine (C=N–C) groups is 1. The molecule has 3 heterocycles. The van der Waals surface area contributed by atoms with Gasteiger partial charge in [0.25, 0.3) is 0 Å². The highest BCUT2D eigenvalue weighted by atomic mass is 16.5. The van der Waals surface area contributed by atoms with Gasteiger partial charge in [0.2, 0.25) is 17.8 Å². The van der Waals surface area contributed by atoms with E-state index in [9.17, 15) is 9.59 Å². The molecule has 0 aromatic carbocycles. The average molecular weight is 552 g/mol. The number of amides is 2. The fraction of sp³-hybridized carbons (Fsp3) is 0.700. The number of ether oxygens (including phenoxy) is 1. The first-order valence-corrected chi connectivity index (χ1v) is 15.1. The van der Waals surface area contributed by atoms with E-state index < -0.39 is 5.66 Å². The highest BCUT2D eigenvalue weighted by Crippen LogP contribution is 2.53. The Morgan fingerprint density at radius 3 is 2.55 bits per heavy atom. The quantitative estimate of drug-likeness (QED) is 0.482. The molecule has 3 aliphatic carbocycles. The zero-order valence-electron chi connectivity index (χ0n) is 24.5. The molecule has 6 rings (SSSR count). The number of piperidine rings is 1. The second-order valence-electron chi connectivity index (χ2n) is 12.8. The Morgan fingerprint density at radius 1 is 1.15 bits per heavy atom. The van der Waals surface area contributed by atoms with E-state index in [2.05, 4.69) is 39.7 Å². The number of nitrogens with one attached hydrogen (secondary N) is 3. The Bertz CT molecular complexity index is 1160. The molecule has 3 N–H and O–H groups in total. The highest BCUT2D eigenvalue weighted by molar-refractivity contribution is 5.90. The molecule has 10 heteroatoms. The first-order chi connectivity index (χ1) is 19.2. The number of carbonyl (C=O) groups is 2. The van der Waals surface area contributed by atoms with Crippen molar-refractivity contribution in [2.45, 2.75) is 82.5 Å². The largest absolute Gasteiger partial charge is 0.499 e. The van der Waals surface area contributed by atoms with Crippen molar-refractivity contribution < 1.29 is 14.3 Å². The number of likely N-dealkylation sites (tertiary alicyclic amines) is 1. The number of hydrogen-bond acceptors (Lipinski definition) is 8. The molecular formula is C30H45N7O3. The molecule has 10 nitrogen and oxygen atoms in total. The van der Waals surface area contributed by atoms with Gasteiger partial charge in [-0.15, -0.1) is 0 Å². The average Bonchev–Trinajstić information content (AvgIpc) is 3.55. The van der Waals surface area contributed by atoms with Crippen LogP contribution in [0, 0.1) is 11.3 Å². The van der Waals surface area contributed by atoms with Gasteiger partial charge in [0.05, 0.1) is 29.8 Å². The molecule has 0 aromatic rings. The van der Waals surface area contributed by atoms with Crippen LogP contribution in [0.1, 0.15) is 64.7 Å². The number of guanidine groups is 1. The van der Waals surface area contributed by atoms with Crippen molar-refractivity contribution in [3.63, 3.8) is 0 Å². The summed E-state index contributed by atoms with van der Waals surface area (Å²) in [5, 5.41) is 10.0. The van der Waals surface area contributed by atoms with Crippen LogP contribution in [-0.2, 0) is 14.3 Å². The SMILES string of the molecule is COC1=C(NC2=NC3(C)C(=CN2)N(C)C(=O)C2(CC2)CN3C2CCCC2)C=CC(C(=O)NC2CCN(C)CC2)C1. The minimum Gasteiger partial charge on any atom is -0.499 e. The third-order valence-corrected chi connectivity index (χ3v) is 10.0. The van der Waals surface area contributed by atoms with Crippen LogP contribution in [0.5, 0.6) is 0 Å². The summed E-state index contributed by atoms with van der Waals surface area (Å²) in [6.45, 7) is 4.92. The van der Waals surface area contributed by atoms with Gasteiger partial charge in [0.1, 0.15) is 5.76 Å². The summed E-state index contributed by atoms with van der Waals surface area (Å²) in [6, 6.07) is 0.650. The van der Waals surface area contributed by atoms with E-state index in [0.29, 0.717) is 18.4 Å². The summed E-state index contributed by atoms with van der Waals surface area (Å²) in [6.07, 6.45) is 14.9. The topological polar surface area (TPSA) is 102 Å². The molecule has 1 spiro atoms. The Hall–Kier alpha value is -2.85. The maximum absolute atomic E-state index is 13.5. The molecule has 0 radical (unpaired) electrons. The van der Waals surface area contributed by atoms with Crippen molar-refractivity contribution in [3.8, 4) is 0 Å². The fourth-order valence-electron chi connectivity index (χ4n) is 7.26. The zero-order valence-corrected chi connectivity index (χ0v) is 24.5. The van der Waals surface area contributed by atoms with Crippen molar-refractivity contribution in [2.75, 3.05) is 40.8 Å². The van der Waals surface area contributed by atoms with E-state index in [1.165, 1.54) is 12.8 Å². The van der Waals surface area contributed by atoms with Crippen molar-refractivity contribution in [3.05, 3.63) is 35.5 Å². The van der Waals surface area contributed by atoms with E-state index in [0.717, 1.165) is 75.3 Å². The summed E-state index contributed by atoms with van der Waals surface area (Å²) >= 11 is 0. The predicted molar refractivity (Wildman–Crippen MR) is 154 cm³/mol. The Labute approximate surface area is 237 Å². The predicted octanol–water partition coefficient (Wildman–Crippen LogP) is 2.23. The Morgan fingerprint density at radius 2 is 1.88 bits per heavy atom. The van der Waals surface area contributed by atoms with E-state index in [-0.39, 0.29) is 29.2 Å². The number of fused-ring (bicyclic) bond motifs is 1. The molecule has 2 saturated carbocycles. The number of likely N-dealkylation sites (N-methyl/N-ethyl adjacent to an activating group) is 1. The van der Waals surface area contributed by atoms with Crippen LogP contribution in [0.2, 0.25) is 0 Å². The monoisotopic (exact) mass is 551 g/mol. The second kappa shape index (κ2) is 10.5. The molecule has 6 aliphatic rings. The van der Waals surface area contributed by atoms with Crippen molar-refractivity contribution >= 4 is 17.8 Å². The third kappa shape index (κ3) is 4.93. The lowest BCUT2D eigenvalue weighted by Crippen LogP contribution is -2.57. The number of hydrogen-bond donors (Lipinski definition) is 3. The maximum atomic E-state index is 13.5. The first-order valence-electron chi connectivity index (χ1n) is 15.1. The van der Waals surface area contributed by atoms with Crippen LogP contribution in [0.4, 0.5) is 0 Å². The van der Waals surface area contributed by atoms with Gasteiger partial charge in [-0.05, 0) is 71.7 Å². The smallest absolute Gasteiger partial charge is 0.234 e. The van der Waals surface area contributed by atoms with Crippen molar-refractivity contribution in [1.82, 2.24) is 30.7 Å². The lowest BCUT2D eigenvalue weighted by molar-refractivity contribution is -0.133. The third-order valence-electron chi connectivity index (χ3n) is 10.0. The van der Waals surface area contributed by atoms with Gasteiger partial charge in [-0.1, -0.05) is 18.9 Å². The first kappa shape index (κ1) is 27.3. The lowest BCUT2D eigenvalue weighted by atomic mass is 9.95. The molecule has 2 amide bonds. The summed E-state index contributed by atoms with van der Waals surface area (Å²) in [5.41, 5.74) is 0.746. The summed E-state index contributed by atoms with van der Waals surface area (Å²) in [4.78, 5) is 38.4.